The molecule has 0 saturated carbocycles. The molecule has 2 unspecified atom stereocenters. The average molecular weight is 309 g/mol. The molecule has 2 rings (SSSR count). The number of aliphatic hydroxyl groups is 1. The Morgan fingerprint density at radius 3 is 2.45 bits per heavy atom. The highest BCUT2D eigenvalue weighted by molar-refractivity contribution is 5.72. The quantitative estimate of drug-likeness (QED) is 0.703. The standard InChI is InChI=1S/C15H19NO6/c1-2-9-3-4-12-10(5-9)15(21)11(8-22-12)16(6-13(17)18)7-14(19)20/h3-5,11,15,21H,2,6-8H2,1H3,(H,17,18)(H,19,20). The summed E-state index contributed by atoms with van der Waals surface area (Å²) in [6, 6.07) is 4.77. The van der Waals surface area contributed by atoms with Crippen LogP contribution < -0.4 is 4.74 Å². The van der Waals surface area contributed by atoms with Crippen LogP contribution in [0.3, 0.4) is 0 Å². The van der Waals surface area contributed by atoms with E-state index in [1.54, 1.807) is 6.07 Å². The summed E-state index contributed by atoms with van der Waals surface area (Å²) in [5.41, 5.74) is 1.58. The molecule has 7 heteroatoms. The minimum Gasteiger partial charge on any atom is -0.491 e. The summed E-state index contributed by atoms with van der Waals surface area (Å²) in [5, 5.41) is 28.4. The molecule has 0 spiro atoms. The lowest BCUT2D eigenvalue weighted by Crippen LogP contribution is -2.49. The summed E-state index contributed by atoms with van der Waals surface area (Å²) in [6.07, 6.45) is -0.201. The maximum atomic E-state index is 10.9. The highest BCUT2D eigenvalue weighted by atomic mass is 16.5. The Balaban J connectivity index is 2.27. The zero-order valence-electron chi connectivity index (χ0n) is 12.2. The number of benzene rings is 1. The van der Waals surface area contributed by atoms with E-state index in [1.165, 1.54) is 4.90 Å². The van der Waals surface area contributed by atoms with Gasteiger partial charge < -0.3 is 20.1 Å². The van der Waals surface area contributed by atoms with E-state index in [2.05, 4.69) is 0 Å². The molecule has 1 heterocycles. The Labute approximate surface area is 127 Å². The fraction of sp³-hybridized carbons (Fsp3) is 0.467. The van der Waals surface area contributed by atoms with Crippen molar-refractivity contribution < 1.29 is 29.6 Å². The number of hydrogen-bond donors (Lipinski definition) is 3. The van der Waals surface area contributed by atoms with Gasteiger partial charge in [-0.1, -0.05) is 13.0 Å². The number of aliphatic hydroxyl groups excluding tert-OH is 1. The van der Waals surface area contributed by atoms with Crippen LogP contribution in [0, 0.1) is 0 Å². The van der Waals surface area contributed by atoms with Gasteiger partial charge in [0.2, 0.25) is 0 Å². The van der Waals surface area contributed by atoms with E-state index in [9.17, 15) is 14.7 Å². The van der Waals surface area contributed by atoms with Gasteiger partial charge in [-0.3, -0.25) is 14.5 Å². The predicted molar refractivity (Wildman–Crippen MR) is 76.9 cm³/mol. The molecule has 0 fully saturated rings. The normalized spacial score (nSPS) is 20.3. The largest absolute Gasteiger partial charge is 0.491 e. The van der Waals surface area contributed by atoms with Crippen LogP contribution in [0.4, 0.5) is 0 Å². The Kier molecular flexibility index (Phi) is 4.99. The molecule has 0 bridgehead atoms. The van der Waals surface area contributed by atoms with Gasteiger partial charge in [0.15, 0.2) is 0 Å². The fourth-order valence-electron chi connectivity index (χ4n) is 2.60. The summed E-state index contributed by atoms with van der Waals surface area (Å²) in [7, 11) is 0. The zero-order valence-corrected chi connectivity index (χ0v) is 12.2. The average Bonchev–Trinajstić information content (AvgIpc) is 2.45. The topological polar surface area (TPSA) is 107 Å². The Bertz CT molecular complexity index is 557. The molecule has 0 radical (unpaired) electrons. The molecule has 120 valence electrons. The lowest BCUT2D eigenvalue weighted by molar-refractivity contribution is -0.144. The Morgan fingerprint density at radius 1 is 1.27 bits per heavy atom. The van der Waals surface area contributed by atoms with Crippen LogP contribution in [0.5, 0.6) is 5.75 Å². The van der Waals surface area contributed by atoms with Crippen molar-refractivity contribution in [1.29, 1.82) is 0 Å². The van der Waals surface area contributed by atoms with Crippen molar-refractivity contribution in [2.45, 2.75) is 25.5 Å². The second kappa shape index (κ2) is 6.76. The van der Waals surface area contributed by atoms with E-state index in [1.807, 2.05) is 19.1 Å². The van der Waals surface area contributed by atoms with Crippen molar-refractivity contribution in [3.63, 3.8) is 0 Å². The molecule has 7 nitrogen and oxygen atoms in total. The predicted octanol–water partition coefficient (Wildman–Crippen LogP) is 0.515. The minimum absolute atomic E-state index is 0.0419. The molecule has 22 heavy (non-hydrogen) atoms. The number of nitrogens with zero attached hydrogens (tertiary/aromatic N) is 1. The number of rotatable bonds is 6. The number of aryl methyl sites for hydroxylation is 1. The third-order valence-electron chi connectivity index (χ3n) is 3.72. The number of aliphatic carboxylic acids is 2. The third kappa shape index (κ3) is 3.55. The van der Waals surface area contributed by atoms with Crippen molar-refractivity contribution in [1.82, 2.24) is 4.90 Å². The highest BCUT2D eigenvalue weighted by Crippen LogP contribution is 2.35. The second-order valence-electron chi connectivity index (χ2n) is 5.24. The first-order valence-corrected chi connectivity index (χ1v) is 7.03. The van der Waals surface area contributed by atoms with E-state index in [0.29, 0.717) is 11.3 Å². The van der Waals surface area contributed by atoms with Crippen molar-refractivity contribution >= 4 is 11.9 Å². The zero-order chi connectivity index (χ0) is 16.3. The lowest BCUT2D eigenvalue weighted by Gasteiger charge is -2.37. The fourth-order valence-corrected chi connectivity index (χ4v) is 2.60. The maximum Gasteiger partial charge on any atom is 0.317 e. The summed E-state index contributed by atoms with van der Waals surface area (Å²) in [6.45, 7) is 1.08. The van der Waals surface area contributed by atoms with Gasteiger partial charge in [-0.15, -0.1) is 0 Å². The SMILES string of the molecule is CCc1ccc2c(c1)C(O)C(N(CC(=O)O)CC(=O)O)CO2. The van der Waals surface area contributed by atoms with E-state index in [0.717, 1.165) is 12.0 Å². The molecule has 0 aromatic heterocycles. The van der Waals surface area contributed by atoms with Gasteiger partial charge >= 0.3 is 11.9 Å². The van der Waals surface area contributed by atoms with Gasteiger partial charge in [-0.05, 0) is 24.1 Å². The molecule has 3 N–H and O–H groups in total. The lowest BCUT2D eigenvalue weighted by atomic mass is 9.95. The molecule has 0 saturated heterocycles. The van der Waals surface area contributed by atoms with Gasteiger partial charge in [-0.2, -0.15) is 0 Å². The number of ether oxygens (including phenoxy) is 1. The smallest absolute Gasteiger partial charge is 0.317 e. The number of carboxylic acid groups (broad SMARTS) is 2. The van der Waals surface area contributed by atoms with Crippen molar-refractivity contribution in [2.75, 3.05) is 19.7 Å². The van der Waals surface area contributed by atoms with Crippen molar-refractivity contribution in [3.05, 3.63) is 29.3 Å². The van der Waals surface area contributed by atoms with Crippen LogP contribution in [-0.4, -0.2) is 57.9 Å². The van der Waals surface area contributed by atoms with Gasteiger partial charge in [0.25, 0.3) is 0 Å². The molecule has 2 atom stereocenters. The van der Waals surface area contributed by atoms with Crippen molar-refractivity contribution in [3.8, 4) is 5.75 Å². The first kappa shape index (κ1) is 16.3. The van der Waals surface area contributed by atoms with Gasteiger partial charge in [0.05, 0.1) is 19.1 Å². The second-order valence-corrected chi connectivity index (χ2v) is 5.24. The minimum atomic E-state index is -1.15. The number of carboxylic acids is 2. The molecular weight excluding hydrogens is 290 g/mol. The third-order valence-corrected chi connectivity index (χ3v) is 3.72. The van der Waals surface area contributed by atoms with E-state index in [4.69, 9.17) is 14.9 Å². The summed E-state index contributed by atoms with van der Waals surface area (Å²) >= 11 is 0. The van der Waals surface area contributed by atoms with Gasteiger partial charge in [0.1, 0.15) is 18.5 Å². The molecular formula is C15H19NO6. The highest BCUT2D eigenvalue weighted by Gasteiger charge is 2.35. The molecule has 1 aromatic carbocycles. The summed E-state index contributed by atoms with van der Waals surface area (Å²) < 4.78 is 5.56. The molecule has 1 aliphatic heterocycles. The Hall–Kier alpha value is -2.12. The molecule has 0 aliphatic carbocycles. The maximum absolute atomic E-state index is 10.9. The monoisotopic (exact) mass is 309 g/mol. The van der Waals surface area contributed by atoms with Crippen LogP contribution >= 0.6 is 0 Å². The first-order chi connectivity index (χ1) is 10.4. The summed E-state index contributed by atoms with van der Waals surface area (Å²) in [5.74, 6) is -1.75. The van der Waals surface area contributed by atoms with E-state index < -0.39 is 37.2 Å². The Morgan fingerprint density at radius 2 is 1.91 bits per heavy atom. The van der Waals surface area contributed by atoms with Crippen molar-refractivity contribution in [2.24, 2.45) is 0 Å². The van der Waals surface area contributed by atoms with Crippen LogP contribution in [0.1, 0.15) is 24.2 Å². The van der Waals surface area contributed by atoms with Crippen LogP contribution in [0.15, 0.2) is 18.2 Å². The number of carbonyl (C=O) groups is 2. The van der Waals surface area contributed by atoms with Crippen LogP contribution in [-0.2, 0) is 16.0 Å². The van der Waals surface area contributed by atoms with E-state index in [-0.39, 0.29) is 6.61 Å². The number of hydrogen-bond acceptors (Lipinski definition) is 5. The van der Waals surface area contributed by atoms with Gasteiger partial charge in [-0.25, -0.2) is 0 Å². The molecule has 1 aliphatic rings. The summed E-state index contributed by atoms with van der Waals surface area (Å²) in [4.78, 5) is 23.1. The first-order valence-electron chi connectivity index (χ1n) is 7.03. The van der Waals surface area contributed by atoms with E-state index >= 15 is 0 Å². The molecule has 1 aromatic rings. The van der Waals surface area contributed by atoms with Gasteiger partial charge in [0, 0.05) is 5.56 Å². The van der Waals surface area contributed by atoms with Crippen LogP contribution in [0.25, 0.3) is 0 Å². The molecule has 0 amide bonds. The van der Waals surface area contributed by atoms with Crippen LogP contribution in [0.2, 0.25) is 0 Å². The number of fused-ring (bicyclic) bond motifs is 1.